The van der Waals surface area contributed by atoms with Gasteiger partial charge < -0.3 is 15.4 Å². The molecule has 1 aromatic heterocycles. The van der Waals surface area contributed by atoms with Crippen molar-refractivity contribution < 1.29 is 9.53 Å². The molecule has 7 heteroatoms. The van der Waals surface area contributed by atoms with Gasteiger partial charge in [-0.25, -0.2) is 9.78 Å². The van der Waals surface area contributed by atoms with Gasteiger partial charge in [-0.15, -0.1) is 12.4 Å². The van der Waals surface area contributed by atoms with E-state index in [-0.39, 0.29) is 12.4 Å². The highest BCUT2D eigenvalue weighted by molar-refractivity contribution is 6.33. The maximum absolute atomic E-state index is 11.5. The third kappa shape index (κ3) is 4.23. The Hall–Kier alpha value is -1.04. The van der Waals surface area contributed by atoms with Crippen molar-refractivity contribution in [1.29, 1.82) is 0 Å². The lowest BCUT2D eigenvalue weighted by atomic mass is 10.1. The Bertz CT molecular complexity index is 437. The zero-order valence-electron chi connectivity index (χ0n) is 10.6. The van der Waals surface area contributed by atoms with Crippen LogP contribution in [-0.4, -0.2) is 37.2 Å². The molecule has 1 aromatic rings. The van der Waals surface area contributed by atoms with Gasteiger partial charge >= 0.3 is 5.97 Å². The Balaban J connectivity index is 0.00000180. The molecule has 0 bridgehead atoms. The maximum Gasteiger partial charge on any atom is 0.339 e. The van der Waals surface area contributed by atoms with E-state index in [1.54, 1.807) is 6.07 Å². The first kappa shape index (κ1) is 16.0. The summed E-state index contributed by atoms with van der Waals surface area (Å²) in [6.07, 6.45) is 3.55. The summed E-state index contributed by atoms with van der Waals surface area (Å²) in [6, 6.07) is 2.02. The van der Waals surface area contributed by atoms with Crippen LogP contribution >= 0.6 is 24.0 Å². The molecule has 5 nitrogen and oxygen atoms in total. The number of nitrogens with zero attached hydrogens (tertiary/aromatic N) is 1. The summed E-state index contributed by atoms with van der Waals surface area (Å²) in [5.74, 6) is 0.211. The molecule has 1 aliphatic rings. The number of hydrogen-bond donors (Lipinski definition) is 2. The highest BCUT2D eigenvalue weighted by Crippen LogP contribution is 2.20. The maximum atomic E-state index is 11.5. The van der Waals surface area contributed by atoms with Crippen LogP contribution in [0.4, 0.5) is 5.82 Å². The molecule has 2 N–H and O–H groups in total. The van der Waals surface area contributed by atoms with E-state index in [0.717, 1.165) is 25.9 Å². The molecule has 0 atom stereocenters. The lowest BCUT2D eigenvalue weighted by molar-refractivity contribution is 0.0601. The number of ether oxygens (including phenoxy) is 1. The summed E-state index contributed by atoms with van der Waals surface area (Å²) in [7, 11) is 1.33. The molecule has 0 aliphatic carbocycles. The first-order chi connectivity index (χ1) is 8.70. The Morgan fingerprint density at radius 3 is 2.84 bits per heavy atom. The van der Waals surface area contributed by atoms with Gasteiger partial charge in [-0.05, 0) is 32.0 Å². The molecule has 0 amide bonds. The SMILES string of the molecule is COC(=O)c1cc(NC2CCNCC2)ncc1Cl.Cl. The van der Waals surface area contributed by atoms with Crippen molar-refractivity contribution in [3.8, 4) is 0 Å². The fourth-order valence-corrected chi connectivity index (χ4v) is 2.14. The van der Waals surface area contributed by atoms with E-state index in [2.05, 4.69) is 20.4 Å². The first-order valence-electron chi connectivity index (χ1n) is 5.92. The average Bonchev–Trinajstić information content (AvgIpc) is 2.41. The van der Waals surface area contributed by atoms with Crippen molar-refractivity contribution in [1.82, 2.24) is 10.3 Å². The van der Waals surface area contributed by atoms with Gasteiger partial charge in [0.2, 0.25) is 0 Å². The minimum atomic E-state index is -0.448. The van der Waals surface area contributed by atoms with Crippen molar-refractivity contribution in [2.75, 3.05) is 25.5 Å². The number of halogens is 2. The summed E-state index contributed by atoms with van der Waals surface area (Å²) < 4.78 is 4.67. The fraction of sp³-hybridized carbons (Fsp3) is 0.500. The minimum Gasteiger partial charge on any atom is -0.465 e. The molecule has 0 unspecified atom stereocenters. The number of aromatic nitrogens is 1. The molecule has 1 fully saturated rings. The summed E-state index contributed by atoms with van der Waals surface area (Å²) in [5.41, 5.74) is 0.339. The highest BCUT2D eigenvalue weighted by atomic mass is 35.5. The van der Waals surface area contributed by atoms with Crippen LogP contribution in [0.3, 0.4) is 0 Å². The van der Waals surface area contributed by atoms with Crippen molar-refractivity contribution >= 4 is 35.8 Å². The zero-order valence-corrected chi connectivity index (χ0v) is 12.2. The molecule has 0 saturated carbocycles. The number of nitrogens with one attached hydrogen (secondary N) is 2. The molecule has 1 saturated heterocycles. The third-order valence-corrected chi connectivity index (χ3v) is 3.25. The lowest BCUT2D eigenvalue weighted by Crippen LogP contribution is -2.35. The molecular formula is C12H17Cl2N3O2. The minimum absolute atomic E-state index is 0. The van der Waals surface area contributed by atoms with E-state index < -0.39 is 5.97 Å². The van der Waals surface area contributed by atoms with E-state index in [0.29, 0.717) is 22.4 Å². The summed E-state index contributed by atoms with van der Waals surface area (Å²) in [5, 5.41) is 6.91. The van der Waals surface area contributed by atoms with Gasteiger partial charge in [0, 0.05) is 12.2 Å². The van der Waals surface area contributed by atoms with Gasteiger partial charge in [0.1, 0.15) is 5.82 Å². The van der Waals surface area contributed by atoms with Gasteiger partial charge in [-0.1, -0.05) is 11.6 Å². The van der Waals surface area contributed by atoms with Crippen LogP contribution in [0.25, 0.3) is 0 Å². The van der Waals surface area contributed by atoms with E-state index in [1.165, 1.54) is 13.3 Å². The Labute approximate surface area is 123 Å². The first-order valence-corrected chi connectivity index (χ1v) is 6.29. The molecule has 106 valence electrons. The van der Waals surface area contributed by atoms with Crippen LogP contribution in [0.15, 0.2) is 12.3 Å². The molecule has 19 heavy (non-hydrogen) atoms. The van der Waals surface area contributed by atoms with Gasteiger partial charge in [-0.2, -0.15) is 0 Å². The highest BCUT2D eigenvalue weighted by Gasteiger charge is 2.16. The number of carbonyl (C=O) groups excluding carboxylic acids is 1. The van der Waals surface area contributed by atoms with Crippen molar-refractivity contribution in [2.45, 2.75) is 18.9 Å². The molecule has 0 spiro atoms. The van der Waals surface area contributed by atoms with Crippen LogP contribution in [-0.2, 0) is 4.74 Å². The lowest BCUT2D eigenvalue weighted by Gasteiger charge is -2.24. The van der Waals surface area contributed by atoms with Gasteiger partial charge in [-0.3, -0.25) is 0 Å². The van der Waals surface area contributed by atoms with Gasteiger partial charge in [0.25, 0.3) is 0 Å². The van der Waals surface area contributed by atoms with E-state index in [4.69, 9.17) is 11.6 Å². The second-order valence-electron chi connectivity index (χ2n) is 4.21. The van der Waals surface area contributed by atoms with Crippen LogP contribution in [0, 0.1) is 0 Å². The van der Waals surface area contributed by atoms with Gasteiger partial charge in [0.15, 0.2) is 0 Å². The second kappa shape index (κ2) is 7.53. The quantitative estimate of drug-likeness (QED) is 0.838. The van der Waals surface area contributed by atoms with Crippen LogP contribution < -0.4 is 10.6 Å². The number of pyridine rings is 1. The fourth-order valence-electron chi connectivity index (χ4n) is 1.96. The van der Waals surface area contributed by atoms with Crippen molar-refractivity contribution in [2.24, 2.45) is 0 Å². The number of anilines is 1. The monoisotopic (exact) mass is 305 g/mol. The number of hydrogen-bond acceptors (Lipinski definition) is 5. The van der Waals surface area contributed by atoms with Crippen LogP contribution in [0.1, 0.15) is 23.2 Å². The van der Waals surface area contributed by atoms with E-state index in [1.807, 2.05) is 0 Å². The standard InChI is InChI=1S/C12H16ClN3O2.ClH/c1-18-12(17)9-6-11(15-7-10(9)13)16-8-2-4-14-5-3-8;/h6-8,14H,2-5H2,1H3,(H,15,16);1H. The smallest absolute Gasteiger partial charge is 0.339 e. The van der Waals surface area contributed by atoms with E-state index in [9.17, 15) is 4.79 Å². The summed E-state index contributed by atoms with van der Waals surface area (Å²) >= 11 is 5.91. The number of esters is 1. The Morgan fingerprint density at radius 1 is 1.53 bits per heavy atom. The van der Waals surface area contributed by atoms with Crippen LogP contribution in [0.2, 0.25) is 5.02 Å². The predicted octanol–water partition coefficient (Wildman–Crippen LogP) is 2.11. The third-order valence-electron chi connectivity index (χ3n) is 2.95. The average molecular weight is 306 g/mol. The number of piperidine rings is 1. The van der Waals surface area contributed by atoms with Crippen LogP contribution in [0.5, 0.6) is 0 Å². The van der Waals surface area contributed by atoms with Crippen molar-refractivity contribution in [3.63, 3.8) is 0 Å². The zero-order chi connectivity index (χ0) is 13.0. The van der Waals surface area contributed by atoms with Gasteiger partial charge in [0.05, 0.1) is 17.7 Å². The summed E-state index contributed by atoms with van der Waals surface area (Å²) in [4.78, 5) is 15.7. The molecule has 2 heterocycles. The molecule has 1 aliphatic heterocycles. The van der Waals surface area contributed by atoms with Crippen molar-refractivity contribution in [3.05, 3.63) is 22.8 Å². The predicted molar refractivity (Wildman–Crippen MR) is 77.3 cm³/mol. The summed E-state index contributed by atoms with van der Waals surface area (Å²) in [6.45, 7) is 1.99. The molecule has 2 rings (SSSR count). The Kier molecular flexibility index (Phi) is 6.34. The molecule has 0 aromatic carbocycles. The molecule has 0 radical (unpaired) electrons. The van der Waals surface area contributed by atoms with E-state index >= 15 is 0 Å². The Morgan fingerprint density at radius 2 is 2.21 bits per heavy atom. The molecular weight excluding hydrogens is 289 g/mol. The topological polar surface area (TPSA) is 63.2 Å². The largest absolute Gasteiger partial charge is 0.465 e. The normalized spacial score (nSPS) is 15.5. The number of rotatable bonds is 3. The number of carbonyl (C=O) groups is 1. The second-order valence-corrected chi connectivity index (χ2v) is 4.62. The number of methoxy groups -OCH3 is 1.